The summed E-state index contributed by atoms with van der Waals surface area (Å²) in [6.45, 7) is 0. The smallest absolute Gasteiger partial charge is 0.411 e. The van der Waals surface area contributed by atoms with Crippen molar-refractivity contribution in [3.05, 3.63) is 30.3 Å². The molecule has 0 saturated heterocycles. The third-order valence-electron chi connectivity index (χ3n) is 2.96. The number of para-hydroxylation sites is 1. The van der Waals surface area contributed by atoms with E-state index in [9.17, 15) is 13.6 Å². The van der Waals surface area contributed by atoms with Crippen molar-refractivity contribution in [1.82, 2.24) is 0 Å². The topological polar surface area (TPSA) is 38.3 Å². The van der Waals surface area contributed by atoms with Gasteiger partial charge < -0.3 is 4.74 Å². The molecule has 1 aromatic carbocycles. The van der Waals surface area contributed by atoms with E-state index >= 15 is 0 Å². The molecule has 1 N–H and O–H groups in total. The Morgan fingerprint density at radius 2 is 1.83 bits per heavy atom. The van der Waals surface area contributed by atoms with E-state index in [0.29, 0.717) is 5.69 Å². The van der Waals surface area contributed by atoms with E-state index in [1.165, 1.54) is 0 Å². The molecule has 1 fully saturated rings. The molecule has 1 amide bonds. The first-order valence-electron chi connectivity index (χ1n) is 5.96. The Hall–Kier alpha value is -1.65. The van der Waals surface area contributed by atoms with Gasteiger partial charge in [0.2, 0.25) is 5.92 Å². The van der Waals surface area contributed by atoms with Crippen LogP contribution in [0.3, 0.4) is 0 Å². The van der Waals surface area contributed by atoms with Crippen LogP contribution >= 0.6 is 0 Å². The van der Waals surface area contributed by atoms with E-state index < -0.39 is 18.1 Å². The summed E-state index contributed by atoms with van der Waals surface area (Å²) in [6, 6.07) is 8.87. The van der Waals surface area contributed by atoms with E-state index in [1.807, 2.05) is 6.07 Å². The van der Waals surface area contributed by atoms with E-state index in [-0.39, 0.29) is 25.7 Å². The van der Waals surface area contributed by atoms with E-state index in [4.69, 9.17) is 4.74 Å². The number of halogens is 2. The lowest BCUT2D eigenvalue weighted by atomic mass is 9.94. The van der Waals surface area contributed by atoms with Crippen LogP contribution in [0, 0.1) is 0 Å². The minimum absolute atomic E-state index is 0.212. The molecule has 1 aliphatic carbocycles. The minimum Gasteiger partial charge on any atom is -0.446 e. The molecule has 0 aromatic heterocycles. The van der Waals surface area contributed by atoms with Crippen LogP contribution in [-0.4, -0.2) is 18.1 Å². The van der Waals surface area contributed by atoms with Crippen LogP contribution in [0.25, 0.3) is 0 Å². The van der Waals surface area contributed by atoms with Crippen molar-refractivity contribution in [3.63, 3.8) is 0 Å². The van der Waals surface area contributed by atoms with Crippen LogP contribution in [0.15, 0.2) is 30.3 Å². The number of alkyl halides is 2. The molecule has 0 heterocycles. The Morgan fingerprint density at radius 1 is 1.22 bits per heavy atom. The number of hydrogen-bond donors (Lipinski definition) is 1. The summed E-state index contributed by atoms with van der Waals surface area (Å²) in [6.07, 6.45) is -0.985. The third-order valence-corrected chi connectivity index (χ3v) is 2.96. The largest absolute Gasteiger partial charge is 0.446 e. The van der Waals surface area contributed by atoms with Gasteiger partial charge in [-0.1, -0.05) is 18.2 Å². The first-order chi connectivity index (χ1) is 8.55. The average molecular weight is 255 g/mol. The second-order valence-corrected chi connectivity index (χ2v) is 4.45. The molecule has 0 atom stereocenters. The first-order valence-corrected chi connectivity index (χ1v) is 5.96. The monoisotopic (exact) mass is 255 g/mol. The summed E-state index contributed by atoms with van der Waals surface area (Å²) < 4.78 is 30.9. The zero-order valence-electron chi connectivity index (χ0n) is 9.86. The predicted octanol–water partition coefficient (Wildman–Crippen LogP) is 3.81. The Balaban J connectivity index is 1.79. The molecule has 1 saturated carbocycles. The zero-order valence-corrected chi connectivity index (χ0v) is 9.86. The fourth-order valence-corrected chi connectivity index (χ4v) is 1.95. The van der Waals surface area contributed by atoms with Crippen molar-refractivity contribution in [2.75, 3.05) is 5.32 Å². The van der Waals surface area contributed by atoms with E-state index in [1.54, 1.807) is 24.3 Å². The standard InChI is InChI=1S/C13H15F2NO2/c14-13(15)8-6-11(7-9-13)18-12(17)16-10-4-2-1-3-5-10/h1-5,11H,6-9H2,(H,16,17). The van der Waals surface area contributed by atoms with Crippen molar-refractivity contribution in [3.8, 4) is 0 Å². The molecule has 0 aliphatic heterocycles. The molecule has 0 unspecified atom stereocenters. The van der Waals surface area contributed by atoms with Crippen LogP contribution in [0.4, 0.5) is 19.3 Å². The van der Waals surface area contributed by atoms with Gasteiger partial charge >= 0.3 is 6.09 Å². The number of anilines is 1. The predicted molar refractivity (Wildman–Crippen MR) is 63.7 cm³/mol. The highest BCUT2D eigenvalue weighted by Crippen LogP contribution is 2.34. The molecule has 5 heteroatoms. The van der Waals surface area contributed by atoms with Gasteiger partial charge in [-0.3, -0.25) is 5.32 Å². The van der Waals surface area contributed by atoms with Crippen LogP contribution in [-0.2, 0) is 4.74 Å². The van der Waals surface area contributed by atoms with Crippen molar-refractivity contribution in [2.24, 2.45) is 0 Å². The number of rotatable bonds is 2. The van der Waals surface area contributed by atoms with E-state index in [2.05, 4.69) is 5.32 Å². The fourth-order valence-electron chi connectivity index (χ4n) is 1.95. The molecule has 3 nitrogen and oxygen atoms in total. The maximum absolute atomic E-state index is 12.9. The number of carbonyl (C=O) groups is 1. The Bertz CT molecular complexity index is 399. The van der Waals surface area contributed by atoms with Gasteiger partial charge in [-0.05, 0) is 25.0 Å². The highest BCUT2D eigenvalue weighted by molar-refractivity contribution is 5.84. The maximum Gasteiger partial charge on any atom is 0.411 e. The first kappa shape index (κ1) is 12.8. The van der Waals surface area contributed by atoms with Gasteiger partial charge in [0.25, 0.3) is 0 Å². The van der Waals surface area contributed by atoms with Gasteiger partial charge in [0.1, 0.15) is 6.10 Å². The number of benzene rings is 1. The van der Waals surface area contributed by atoms with Crippen molar-refractivity contribution >= 4 is 11.8 Å². The van der Waals surface area contributed by atoms with Gasteiger partial charge in [-0.2, -0.15) is 0 Å². The van der Waals surface area contributed by atoms with Gasteiger partial charge in [-0.15, -0.1) is 0 Å². The van der Waals surface area contributed by atoms with Gasteiger partial charge in [0.15, 0.2) is 0 Å². The summed E-state index contributed by atoms with van der Waals surface area (Å²) in [4.78, 5) is 11.5. The summed E-state index contributed by atoms with van der Waals surface area (Å²) in [5.41, 5.74) is 0.628. The molecule has 2 rings (SSSR count). The summed E-state index contributed by atoms with van der Waals surface area (Å²) in [5.74, 6) is -2.60. The lowest BCUT2D eigenvalue weighted by Gasteiger charge is -2.27. The van der Waals surface area contributed by atoms with Gasteiger partial charge in [-0.25, -0.2) is 13.6 Å². The molecular weight excluding hydrogens is 240 g/mol. The molecule has 1 aliphatic rings. The maximum atomic E-state index is 12.9. The van der Waals surface area contributed by atoms with Crippen molar-refractivity contribution in [1.29, 1.82) is 0 Å². The number of nitrogens with one attached hydrogen (secondary N) is 1. The zero-order chi connectivity index (χ0) is 13.0. The molecule has 0 bridgehead atoms. The van der Waals surface area contributed by atoms with E-state index in [0.717, 1.165) is 0 Å². The van der Waals surface area contributed by atoms with Crippen LogP contribution < -0.4 is 5.32 Å². The summed E-state index contributed by atoms with van der Waals surface area (Å²) >= 11 is 0. The molecule has 1 aromatic rings. The number of amides is 1. The third kappa shape index (κ3) is 3.68. The number of carbonyl (C=O) groups excluding carboxylic acids is 1. The fraction of sp³-hybridized carbons (Fsp3) is 0.462. The van der Waals surface area contributed by atoms with Crippen LogP contribution in [0.1, 0.15) is 25.7 Å². The minimum atomic E-state index is -2.60. The van der Waals surface area contributed by atoms with Gasteiger partial charge in [0, 0.05) is 18.5 Å². The Morgan fingerprint density at radius 3 is 2.44 bits per heavy atom. The number of hydrogen-bond acceptors (Lipinski definition) is 2. The molecular formula is C13H15F2NO2. The molecule has 0 spiro atoms. The van der Waals surface area contributed by atoms with Crippen molar-refractivity contribution in [2.45, 2.75) is 37.7 Å². The van der Waals surface area contributed by atoms with Gasteiger partial charge in [0.05, 0.1) is 0 Å². The Kier molecular flexibility index (Phi) is 3.79. The lowest BCUT2D eigenvalue weighted by molar-refractivity contribution is -0.0642. The SMILES string of the molecule is O=C(Nc1ccccc1)OC1CCC(F)(F)CC1. The number of ether oxygens (including phenoxy) is 1. The molecule has 18 heavy (non-hydrogen) atoms. The second kappa shape index (κ2) is 5.33. The highest BCUT2D eigenvalue weighted by Gasteiger charge is 2.36. The summed E-state index contributed by atoms with van der Waals surface area (Å²) in [7, 11) is 0. The molecule has 0 radical (unpaired) electrons. The average Bonchev–Trinajstić information content (AvgIpc) is 2.33. The quantitative estimate of drug-likeness (QED) is 0.872. The normalized spacial score (nSPS) is 19.2. The summed E-state index contributed by atoms with van der Waals surface area (Å²) in [5, 5.41) is 2.56. The second-order valence-electron chi connectivity index (χ2n) is 4.45. The van der Waals surface area contributed by atoms with Crippen LogP contribution in [0.5, 0.6) is 0 Å². The highest BCUT2D eigenvalue weighted by atomic mass is 19.3. The van der Waals surface area contributed by atoms with Crippen LogP contribution in [0.2, 0.25) is 0 Å². The Labute approximate surface area is 104 Å². The lowest BCUT2D eigenvalue weighted by Crippen LogP contribution is -2.31. The molecule has 98 valence electrons. The van der Waals surface area contributed by atoms with Crippen molar-refractivity contribution < 1.29 is 18.3 Å².